The highest BCUT2D eigenvalue weighted by Gasteiger charge is 2.50. The second kappa shape index (κ2) is 7.03. The number of fused-ring (bicyclic) bond motifs is 3. The summed E-state index contributed by atoms with van der Waals surface area (Å²) in [5.74, 6) is 0.539. The van der Waals surface area contributed by atoms with Gasteiger partial charge in [-0.25, -0.2) is 0 Å². The van der Waals surface area contributed by atoms with E-state index in [1.165, 1.54) is 0 Å². The van der Waals surface area contributed by atoms with Crippen LogP contribution in [0.4, 0.5) is 0 Å². The number of ether oxygens (including phenoxy) is 1. The van der Waals surface area contributed by atoms with Gasteiger partial charge < -0.3 is 15.0 Å². The minimum atomic E-state index is -0.579. The molecule has 3 atom stereocenters. The fourth-order valence-electron chi connectivity index (χ4n) is 4.89. The van der Waals surface area contributed by atoms with Crippen molar-refractivity contribution in [2.24, 2.45) is 11.3 Å². The van der Waals surface area contributed by atoms with Crippen LogP contribution in [0.2, 0.25) is 0 Å². The molecule has 0 spiro atoms. The van der Waals surface area contributed by atoms with Gasteiger partial charge in [0, 0.05) is 18.2 Å². The Morgan fingerprint density at radius 2 is 2.07 bits per heavy atom. The molecule has 2 heterocycles. The molecule has 4 rings (SSSR count). The topological polar surface area (TPSA) is 58.6 Å². The van der Waals surface area contributed by atoms with Crippen LogP contribution < -0.4 is 5.32 Å². The van der Waals surface area contributed by atoms with E-state index in [0.717, 1.165) is 36.0 Å². The van der Waals surface area contributed by atoms with E-state index >= 15 is 0 Å². The standard InChI is InChI=1S/C23H30N2O3/c1-14(2)23(3,4)22(27)25-17-9-8-15(10-17)20(25)11-24-21(26)18-7-5-6-16-12-28-13-19(16)18/h5-7,15,17,20H,1,8-13H2,2-4H3,(H,24,26)/t15-,17+,20+/m0/s1. The Morgan fingerprint density at radius 3 is 2.82 bits per heavy atom. The molecule has 28 heavy (non-hydrogen) atoms. The van der Waals surface area contributed by atoms with E-state index in [4.69, 9.17) is 4.74 Å². The predicted octanol–water partition coefficient (Wildman–Crippen LogP) is 3.43. The van der Waals surface area contributed by atoms with Crippen LogP contribution in [0.5, 0.6) is 0 Å². The van der Waals surface area contributed by atoms with Gasteiger partial charge in [0.2, 0.25) is 5.91 Å². The van der Waals surface area contributed by atoms with Crippen LogP contribution in [0.1, 0.15) is 61.5 Å². The third-order valence-electron chi connectivity index (χ3n) is 7.07. The molecule has 1 aliphatic carbocycles. The van der Waals surface area contributed by atoms with Gasteiger partial charge in [-0.1, -0.05) is 24.3 Å². The van der Waals surface area contributed by atoms with Gasteiger partial charge in [-0.05, 0) is 63.1 Å². The van der Waals surface area contributed by atoms with Crippen molar-refractivity contribution in [2.75, 3.05) is 6.54 Å². The van der Waals surface area contributed by atoms with Crippen LogP contribution in [0.15, 0.2) is 30.4 Å². The maximum atomic E-state index is 13.3. The van der Waals surface area contributed by atoms with E-state index in [-0.39, 0.29) is 17.9 Å². The number of benzene rings is 1. The Kier molecular flexibility index (Phi) is 4.82. The zero-order valence-corrected chi connectivity index (χ0v) is 17.1. The first-order valence-corrected chi connectivity index (χ1v) is 10.3. The fourth-order valence-corrected chi connectivity index (χ4v) is 4.89. The Balaban J connectivity index is 1.49. The molecule has 0 unspecified atom stereocenters. The third kappa shape index (κ3) is 3.06. The number of nitrogens with one attached hydrogen (secondary N) is 1. The van der Waals surface area contributed by atoms with Crippen LogP contribution in [0.3, 0.4) is 0 Å². The molecule has 1 aromatic rings. The Labute approximate surface area is 167 Å². The first-order valence-electron chi connectivity index (χ1n) is 10.3. The number of likely N-dealkylation sites (tertiary alicyclic amines) is 1. The van der Waals surface area contributed by atoms with Crippen molar-refractivity contribution in [1.82, 2.24) is 10.2 Å². The minimum Gasteiger partial charge on any atom is -0.372 e. The van der Waals surface area contributed by atoms with E-state index in [2.05, 4.69) is 16.8 Å². The number of hydrogen-bond acceptors (Lipinski definition) is 3. The van der Waals surface area contributed by atoms with Gasteiger partial charge >= 0.3 is 0 Å². The zero-order chi connectivity index (χ0) is 20.1. The second-order valence-electron chi connectivity index (χ2n) is 9.06. The number of amides is 2. The van der Waals surface area contributed by atoms with Crippen LogP contribution in [0, 0.1) is 11.3 Å². The Morgan fingerprint density at radius 1 is 1.29 bits per heavy atom. The summed E-state index contributed by atoms with van der Waals surface area (Å²) in [6.45, 7) is 11.4. The van der Waals surface area contributed by atoms with Gasteiger partial charge in [0.05, 0.1) is 24.7 Å². The summed E-state index contributed by atoms with van der Waals surface area (Å²) < 4.78 is 5.49. The maximum absolute atomic E-state index is 13.3. The van der Waals surface area contributed by atoms with Crippen LogP contribution in [0.25, 0.3) is 0 Å². The van der Waals surface area contributed by atoms with Gasteiger partial charge in [0.15, 0.2) is 0 Å². The fraction of sp³-hybridized carbons (Fsp3) is 0.565. The lowest BCUT2D eigenvalue weighted by Gasteiger charge is -2.40. The summed E-state index contributed by atoms with van der Waals surface area (Å²) in [5.41, 5.74) is 3.07. The Bertz CT molecular complexity index is 829. The molecule has 2 bridgehead atoms. The van der Waals surface area contributed by atoms with Gasteiger partial charge in [-0.3, -0.25) is 9.59 Å². The van der Waals surface area contributed by atoms with E-state index in [9.17, 15) is 9.59 Å². The molecule has 1 saturated carbocycles. The SMILES string of the molecule is C=C(C)C(C)(C)C(=O)N1[C@@H]2CC[C@@H](C2)[C@H]1CNC(=O)c1cccc2c1COC2. The highest BCUT2D eigenvalue weighted by molar-refractivity contribution is 5.96. The van der Waals surface area contributed by atoms with Crippen LogP contribution in [-0.2, 0) is 22.7 Å². The molecule has 3 aliphatic rings. The summed E-state index contributed by atoms with van der Waals surface area (Å²) in [4.78, 5) is 28.2. The third-order valence-corrected chi connectivity index (χ3v) is 7.07. The quantitative estimate of drug-likeness (QED) is 0.794. The van der Waals surface area contributed by atoms with Gasteiger partial charge in [-0.15, -0.1) is 0 Å². The summed E-state index contributed by atoms with van der Waals surface area (Å²) in [5, 5.41) is 3.11. The molecule has 2 amide bonds. The molecule has 5 heteroatoms. The predicted molar refractivity (Wildman–Crippen MR) is 108 cm³/mol. The first-order chi connectivity index (χ1) is 13.3. The summed E-state index contributed by atoms with van der Waals surface area (Å²) in [6, 6.07) is 6.14. The van der Waals surface area contributed by atoms with Crippen LogP contribution >= 0.6 is 0 Å². The zero-order valence-electron chi connectivity index (χ0n) is 17.1. The molecule has 1 N–H and O–H groups in total. The van der Waals surface area contributed by atoms with E-state index in [0.29, 0.717) is 37.3 Å². The molecular weight excluding hydrogens is 352 g/mol. The van der Waals surface area contributed by atoms with Crippen molar-refractivity contribution in [3.8, 4) is 0 Å². The minimum absolute atomic E-state index is 0.0711. The number of rotatable bonds is 5. The molecule has 2 fully saturated rings. The van der Waals surface area contributed by atoms with Gasteiger partial charge in [-0.2, -0.15) is 0 Å². The van der Waals surface area contributed by atoms with Crippen molar-refractivity contribution in [3.05, 3.63) is 47.0 Å². The largest absolute Gasteiger partial charge is 0.372 e. The first kappa shape index (κ1) is 19.2. The summed E-state index contributed by atoms with van der Waals surface area (Å²) in [7, 11) is 0. The molecule has 1 aromatic carbocycles. The van der Waals surface area contributed by atoms with Crippen molar-refractivity contribution < 1.29 is 14.3 Å². The second-order valence-corrected chi connectivity index (χ2v) is 9.06. The number of hydrogen-bond donors (Lipinski definition) is 1. The number of nitrogens with zero attached hydrogens (tertiary/aromatic N) is 1. The van der Waals surface area contributed by atoms with E-state index in [1.807, 2.05) is 39.0 Å². The molecule has 5 nitrogen and oxygen atoms in total. The summed E-state index contributed by atoms with van der Waals surface area (Å²) in [6.07, 6.45) is 3.25. The lowest BCUT2D eigenvalue weighted by atomic mass is 9.83. The molecule has 0 aromatic heterocycles. The number of carbonyl (C=O) groups excluding carboxylic acids is 2. The molecule has 2 aliphatic heterocycles. The average molecular weight is 383 g/mol. The average Bonchev–Trinajstić information content (AvgIpc) is 3.39. The van der Waals surface area contributed by atoms with Gasteiger partial charge in [0.1, 0.15) is 0 Å². The highest BCUT2D eigenvalue weighted by Crippen LogP contribution is 2.45. The highest BCUT2D eigenvalue weighted by atomic mass is 16.5. The summed E-state index contributed by atoms with van der Waals surface area (Å²) >= 11 is 0. The van der Waals surface area contributed by atoms with E-state index < -0.39 is 5.41 Å². The molecular formula is C23H30N2O3. The van der Waals surface area contributed by atoms with Gasteiger partial charge in [0.25, 0.3) is 5.91 Å². The number of carbonyl (C=O) groups is 2. The smallest absolute Gasteiger partial charge is 0.251 e. The monoisotopic (exact) mass is 382 g/mol. The molecule has 150 valence electrons. The lowest BCUT2D eigenvalue weighted by molar-refractivity contribution is -0.142. The maximum Gasteiger partial charge on any atom is 0.251 e. The van der Waals surface area contributed by atoms with E-state index in [1.54, 1.807) is 0 Å². The normalized spacial score (nSPS) is 25.7. The van der Waals surface area contributed by atoms with Crippen molar-refractivity contribution >= 4 is 11.8 Å². The molecule has 0 radical (unpaired) electrons. The lowest BCUT2D eigenvalue weighted by Crippen LogP contribution is -2.54. The van der Waals surface area contributed by atoms with Crippen molar-refractivity contribution in [1.29, 1.82) is 0 Å². The number of piperidine rings is 1. The van der Waals surface area contributed by atoms with Crippen LogP contribution in [-0.4, -0.2) is 35.3 Å². The molecule has 1 saturated heterocycles. The van der Waals surface area contributed by atoms with Crippen molar-refractivity contribution in [3.63, 3.8) is 0 Å². The van der Waals surface area contributed by atoms with Crippen molar-refractivity contribution in [2.45, 2.75) is 65.3 Å². The Hall–Kier alpha value is -2.14.